The van der Waals surface area contributed by atoms with E-state index < -0.39 is 0 Å². The highest BCUT2D eigenvalue weighted by atomic mass is 32.2. The smallest absolute Gasteiger partial charge is 0.259 e. The highest BCUT2D eigenvalue weighted by Crippen LogP contribution is 2.22. The van der Waals surface area contributed by atoms with E-state index in [0.717, 1.165) is 5.01 Å². The van der Waals surface area contributed by atoms with Crippen molar-refractivity contribution in [2.75, 3.05) is 5.75 Å². The quantitative estimate of drug-likeness (QED) is 0.624. The van der Waals surface area contributed by atoms with E-state index in [1.54, 1.807) is 0 Å². The lowest BCUT2D eigenvalue weighted by Gasteiger charge is -2.06. The fraction of sp³-hybridized carbons (Fsp3) is 0.100. The Morgan fingerprint density at radius 2 is 2.24 bits per heavy atom. The molecule has 0 spiro atoms. The molecule has 5 nitrogen and oxygen atoms in total. The molecular weight excluding hydrogens is 260 g/mol. The monoisotopic (exact) mass is 268 g/mol. The first kappa shape index (κ1) is 11.9. The van der Waals surface area contributed by atoms with Crippen molar-refractivity contribution in [1.82, 2.24) is 5.01 Å². The second-order valence-corrected chi connectivity index (χ2v) is 4.86. The van der Waals surface area contributed by atoms with Crippen LogP contribution >= 0.6 is 24.0 Å². The van der Waals surface area contributed by atoms with Gasteiger partial charge in [-0.15, -0.1) is 0 Å². The number of thiocarbonyl (C=S) groups is 1. The minimum absolute atomic E-state index is 0.0389. The fourth-order valence-electron chi connectivity index (χ4n) is 1.22. The van der Waals surface area contributed by atoms with Gasteiger partial charge in [0.25, 0.3) is 5.91 Å². The van der Waals surface area contributed by atoms with Crippen LogP contribution in [0.1, 0.15) is 5.56 Å². The van der Waals surface area contributed by atoms with E-state index in [4.69, 9.17) is 17.3 Å². The van der Waals surface area contributed by atoms with Crippen molar-refractivity contribution in [1.29, 1.82) is 0 Å². The molecule has 88 valence electrons. The van der Waals surface area contributed by atoms with Gasteiger partial charge < -0.3 is 10.2 Å². The molecule has 17 heavy (non-hydrogen) atoms. The van der Waals surface area contributed by atoms with Crippen molar-refractivity contribution in [3.05, 3.63) is 23.8 Å². The Balaban J connectivity index is 2.20. The molecule has 7 heteroatoms. The van der Waals surface area contributed by atoms with Crippen LogP contribution in [-0.4, -0.2) is 37.4 Å². The summed E-state index contributed by atoms with van der Waals surface area (Å²) in [6, 6.07) is 4.10. The van der Waals surface area contributed by atoms with Crippen LogP contribution in [0.5, 0.6) is 11.5 Å². The SMILES string of the molecule is O=C1CSC(=S)N1/N=C/c1ccc(O)cc1O. The molecule has 0 saturated carbocycles. The van der Waals surface area contributed by atoms with Crippen molar-refractivity contribution in [3.8, 4) is 11.5 Å². The van der Waals surface area contributed by atoms with Crippen LogP contribution < -0.4 is 0 Å². The molecule has 2 rings (SSSR count). The number of hydrogen-bond acceptors (Lipinski definition) is 6. The van der Waals surface area contributed by atoms with Gasteiger partial charge in [-0.1, -0.05) is 24.0 Å². The predicted molar refractivity (Wildman–Crippen MR) is 69.3 cm³/mol. The van der Waals surface area contributed by atoms with E-state index in [1.165, 1.54) is 36.2 Å². The minimum Gasteiger partial charge on any atom is -0.508 e. The summed E-state index contributed by atoms with van der Waals surface area (Å²) in [6.45, 7) is 0. The first-order valence-corrected chi connectivity index (χ1v) is 6.03. The number of thioether (sulfide) groups is 1. The van der Waals surface area contributed by atoms with Gasteiger partial charge in [0, 0.05) is 11.6 Å². The summed E-state index contributed by atoms with van der Waals surface area (Å²) in [6.07, 6.45) is 1.32. The Bertz CT molecular complexity index is 500. The van der Waals surface area contributed by atoms with Gasteiger partial charge in [-0.2, -0.15) is 10.1 Å². The number of nitrogens with zero attached hydrogens (tertiary/aromatic N) is 2. The summed E-state index contributed by atoms with van der Waals surface area (Å²) in [5, 5.41) is 23.6. The van der Waals surface area contributed by atoms with Crippen molar-refractivity contribution in [3.63, 3.8) is 0 Å². The number of phenols is 2. The van der Waals surface area contributed by atoms with Crippen LogP contribution in [-0.2, 0) is 4.79 Å². The van der Waals surface area contributed by atoms with Crippen LogP contribution in [0, 0.1) is 0 Å². The first-order chi connectivity index (χ1) is 8.08. The van der Waals surface area contributed by atoms with Crippen LogP contribution in [0.25, 0.3) is 0 Å². The maximum Gasteiger partial charge on any atom is 0.259 e. The highest BCUT2D eigenvalue weighted by Gasteiger charge is 2.25. The van der Waals surface area contributed by atoms with Gasteiger partial charge in [0.1, 0.15) is 11.5 Å². The fourth-order valence-corrected chi connectivity index (χ4v) is 2.19. The van der Waals surface area contributed by atoms with Gasteiger partial charge in [-0.05, 0) is 12.1 Å². The molecule has 1 saturated heterocycles. The average molecular weight is 268 g/mol. The highest BCUT2D eigenvalue weighted by molar-refractivity contribution is 8.23. The summed E-state index contributed by atoms with van der Waals surface area (Å²) < 4.78 is 0.393. The van der Waals surface area contributed by atoms with Crippen molar-refractivity contribution < 1.29 is 15.0 Å². The van der Waals surface area contributed by atoms with Crippen LogP contribution in [0.3, 0.4) is 0 Å². The number of carbonyl (C=O) groups excluding carboxylic acids is 1. The number of phenolic OH excluding ortho intramolecular Hbond substituents is 2. The lowest BCUT2D eigenvalue weighted by molar-refractivity contribution is -0.123. The lowest BCUT2D eigenvalue weighted by atomic mass is 10.2. The van der Waals surface area contributed by atoms with Gasteiger partial charge in [-0.25, -0.2) is 0 Å². The molecular formula is C10H8N2O3S2. The Morgan fingerprint density at radius 3 is 2.82 bits per heavy atom. The largest absolute Gasteiger partial charge is 0.508 e. The molecule has 1 heterocycles. The zero-order valence-corrected chi connectivity index (χ0v) is 10.2. The van der Waals surface area contributed by atoms with Gasteiger partial charge in [0.2, 0.25) is 0 Å². The molecule has 1 aliphatic rings. The van der Waals surface area contributed by atoms with Crippen molar-refractivity contribution >= 4 is 40.4 Å². The van der Waals surface area contributed by atoms with E-state index in [9.17, 15) is 9.90 Å². The normalized spacial score (nSPS) is 16.1. The Hall–Kier alpha value is -1.60. The van der Waals surface area contributed by atoms with E-state index >= 15 is 0 Å². The second-order valence-electron chi connectivity index (χ2n) is 3.25. The number of amides is 1. The summed E-state index contributed by atoms with van der Waals surface area (Å²) in [7, 11) is 0. The lowest BCUT2D eigenvalue weighted by Crippen LogP contribution is -2.22. The number of aromatic hydroxyl groups is 2. The zero-order chi connectivity index (χ0) is 12.4. The molecule has 0 unspecified atom stereocenters. The van der Waals surface area contributed by atoms with Gasteiger partial charge >= 0.3 is 0 Å². The Morgan fingerprint density at radius 1 is 1.47 bits per heavy atom. The molecule has 0 aliphatic carbocycles. The maximum atomic E-state index is 11.3. The van der Waals surface area contributed by atoms with Crippen molar-refractivity contribution in [2.24, 2.45) is 5.10 Å². The van der Waals surface area contributed by atoms with E-state index in [0.29, 0.717) is 9.88 Å². The number of hydrogen-bond donors (Lipinski definition) is 2. The molecule has 1 aromatic rings. The molecule has 1 fully saturated rings. The third-order valence-electron chi connectivity index (χ3n) is 2.05. The van der Waals surface area contributed by atoms with Gasteiger partial charge in [0.05, 0.1) is 12.0 Å². The Labute approximate surface area is 107 Å². The van der Waals surface area contributed by atoms with E-state index in [2.05, 4.69) is 5.10 Å². The van der Waals surface area contributed by atoms with Crippen LogP contribution in [0.4, 0.5) is 0 Å². The van der Waals surface area contributed by atoms with Crippen molar-refractivity contribution in [2.45, 2.75) is 0 Å². The summed E-state index contributed by atoms with van der Waals surface area (Å²) in [5.74, 6) is -0.0472. The third kappa shape index (κ3) is 2.56. The predicted octanol–water partition coefficient (Wildman–Crippen LogP) is 1.29. The number of rotatable bonds is 2. The third-order valence-corrected chi connectivity index (χ3v) is 3.39. The molecule has 0 bridgehead atoms. The van der Waals surface area contributed by atoms with Gasteiger partial charge in [0.15, 0.2) is 4.32 Å². The van der Waals surface area contributed by atoms with Crippen LogP contribution in [0.15, 0.2) is 23.3 Å². The molecule has 0 atom stereocenters. The number of carbonyl (C=O) groups is 1. The van der Waals surface area contributed by atoms with E-state index in [1.807, 2.05) is 0 Å². The van der Waals surface area contributed by atoms with Gasteiger partial charge in [-0.3, -0.25) is 4.79 Å². The average Bonchev–Trinajstić information content (AvgIpc) is 2.58. The molecule has 1 aliphatic heterocycles. The minimum atomic E-state index is -0.186. The second kappa shape index (κ2) is 4.72. The number of benzene rings is 1. The topological polar surface area (TPSA) is 73.1 Å². The summed E-state index contributed by atoms with van der Waals surface area (Å²) in [5.41, 5.74) is 0.398. The van der Waals surface area contributed by atoms with E-state index in [-0.39, 0.29) is 23.2 Å². The first-order valence-electron chi connectivity index (χ1n) is 4.63. The number of hydrazone groups is 1. The molecule has 0 aromatic heterocycles. The molecule has 0 radical (unpaired) electrons. The summed E-state index contributed by atoms with van der Waals surface area (Å²) in [4.78, 5) is 11.3. The van der Waals surface area contributed by atoms with Crippen LogP contribution in [0.2, 0.25) is 0 Å². The molecule has 1 amide bonds. The molecule has 2 N–H and O–H groups in total. The standard InChI is InChI=1S/C10H8N2O3S2/c13-7-2-1-6(8(14)3-7)4-11-12-9(15)5-17-10(12)16/h1-4,13-14H,5H2/b11-4+. The Kier molecular flexibility index (Phi) is 3.30. The zero-order valence-electron chi connectivity index (χ0n) is 8.53. The molecule has 1 aromatic carbocycles. The maximum absolute atomic E-state index is 11.3. The summed E-state index contributed by atoms with van der Waals surface area (Å²) >= 11 is 6.19.